The number of ether oxygens (including phenoxy) is 1. The van der Waals surface area contributed by atoms with E-state index in [-0.39, 0.29) is 22.9 Å². The molecule has 0 atom stereocenters. The number of hydrogen-bond donors (Lipinski definition) is 4. The molecule has 4 N–H and O–H groups in total. The van der Waals surface area contributed by atoms with Crippen molar-refractivity contribution in [2.45, 2.75) is 0 Å². The summed E-state index contributed by atoms with van der Waals surface area (Å²) in [6.07, 6.45) is -2.44. The molecule has 2 amide bonds. The van der Waals surface area contributed by atoms with Crippen LogP contribution in [-0.2, 0) is 0 Å². The van der Waals surface area contributed by atoms with Crippen molar-refractivity contribution in [3.63, 3.8) is 0 Å². The van der Waals surface area contributed by atoms with Crippen LogP contribution in [0.1, 0.15) is 0 Å². The molecule has 0 saturated carbocycles. The molecule has 0 aromatic heterocycles. The number of amides is 2. The van der Waals surface area contributed by atoms with E-state index in [1.54, 1.807) is 36.4 Å². The molecule has 0 radical (unpaired) electrons. The van der Waals surface area contributed by atoms with Gasteiger partial charge in [-0.1, -0.05) is 24.3 Å². The van der Waals surface area contributed by atoms with E-state index in [1.807, 2.05) is 0 Å². The van der Waals surface area contributed by atoms with Crippen LogP contribution in [0.4, 0.5) is 21.0 Å². The highest BCUT2D eigenvalue weighted by atomic mass is 16.5. The van der Waals surface area contributed by atoms with Gasteiger partial charge >= 0.3 is 12.2 Å². The summed E-state index contributed by atoms with van der Waals surface area (Å²) >= 11 is 0. The summed E-state index contributed by atoms with van der Waals surface area (Å²) < 4.78 is 5.59. The zero-order valence-corrected chi connectivity index (χ0v) is 10.7. The number of benzene rings is 2. The van der Waals surface area contributed by atoms with Crippen molar-refractivity contribution < 1.29 is 24.5 Å². The van der Waals surface area contributed by atoms with Crippen LogP contribution in [0.5, 0.6) is 11.5 Å². The molecule has 2 aromatic carbocycles. The Morgan fingerprint density at radius 3 is 1.52 bits per heavy atom. The first-order valence-corrected chi connectivity index (χ1v) is 5.92. The summed E-state index contributed by atoms with van der Waals surface area (Å²) in [5, 5.41) is 22.0. The molecule has 0 unspecified atom stereocenters. The second-order valence-corrected chi connectivity index (χ2v) is 3.95. The Kier molecular flexibility index (Phi) is 4.25. The second-order valence-electron chi connectivity index (χ2n) is 3.95. The highest BCUT2D eigenvalue weighted by Gasteiger charge is 2.10. The van der Waals surface area contributed by atoms with Crippen molar-refractivity contribution in [2.75, 3.05) is 10.6 Å². The molecular formula is C14H12N2O5. The van der Waals surface area contributed by atoms with Crippen LogP contribution >= 0.6 is 0 Å². The fourth-order valence-corrected chi connectivity index (χ4v) is 1.67. The number of nitrogens with one attached hydrogen (secondary N) is 2. The van der Waals surface area contributed by atoms with Crippen LogP contribution in [0.25, 0.3) is 0 Å². The highest BCUT2D eigenvalue weighted by Crippen LogP contribution is 2.33. The van der Waals surface area contributed by atoms with Crippen LogP contribution in [0, 0.1) is 0 Å². The molecular weight excluding hydrogens is 276 g/mol. The van der Waals surface area contributed by atoms with E-state index in [9.17, 15) is 9.59 Å². The van der Waals surface area contributed by atoms with E-state index in [0.29, 0.717) is 0 Å². The van der Waals surface area contributed by atoms with Gasteiger partial charge < -0.3 is 14.9 Å². The van der Waals surface area contributed by atoms with Gasteiger partial charge in [0, 0.05) is 0 Å². The van der Waals surface area contributed by atoms with Gasteiger partial charge in [0.15, 0.2) is 11.5 Å². The van der Waals surface area contributed by atoms with E-state index >= 15 is 0 Å². The number of hydrogen-bond acceptors (Lipinski definition) is 3. The summed E-state index contributed by atoms with van der Waals surface area (Å²) in [6, 6.07) is 12.9. The third-order valence-electron chi connectivity index (χ3n) is 2.48. The normalized spacial score (nSPS) is 9.71. The maximum absolute atomic E-state index is 10.7. The molecule has 2 rings (SSSR count). The van der Waals surface area contributed by atoms with Crippen LogP contribution < -0.4 is 15.4 Å². The van der Waals surface area contributed by atoms with Gasteiger partial charge in [0.25, 0.3) is 0 Å². The Balaban J connectivity index is 2.30. The van der Waals surface area contributed by atoms with Crippen molar-refractivity contribution in [3.8, 4) is 11.5 Å². The molecule has 21 heavy (non-hydrogen) atoms. The zero-order chi connectivity index (χ0) is 15.2. The molecule has 108 valence electrons. The van der Waals surface area contributed by atoms with E-state index in [2.05, 4.69) is 10.6 Å². The molecule has 7 nitrogen and oxygen atoms in total. The van der Waals surface area contributed by atoms with E-state index in [4.69, 9.17) is 14.9 Å². The van der Waals surface area contributed by atoms with Crippen LogP contribution in [0.15, 0.2) is 48.5 Å². The first-order valence-electron chi connectivity index (χ1n) is 5.92. The van der Waals surface area contributed by atoms with Gasteiger partial charge in [-0.25, -0.2) is 9.59 Å². The molecule has 2 aromatic rings. The van der Waals surface area contributed by atoms with Gasteiger partial charge in [0.2, 0.25) is 0 Å². The molecule has 0 aliphatic carbocycles. The third-order valence-corrected chi connectivity index (χ3v) is 2.48. The predicted molar refractivity (Wildman–Crippen MR) is 76.3 cm³/mol. The Hall–Kier alpha value is -3.22. The molecule has 0 spiro atoms. The average Bonchev–Trinajstić information content (AvgIpc) is 2.42. The molecule has 0 fully saturated rings. The monoisotopic (exact) mass is 288 g/mol. The third kappa shape index (κ3) is 3.87. The highest BCUT2D eigenvalue weighted by molar-refractivity contribution is 5.86. The number of carboxylic acid groups (broad SMARTS) is 2. The van der Waals surface area contributed by atoms with Crippen molar-refractivity contribution in [1.29, 1.82) is 0 Å². The number of para-hydroxylation sites is 4. The van der Waals surface area contributed by atoms with Crippen molar-refractivity contribution in [3.05, 3.63) is 48.5 Å². The summed E-state index contributed by atoms with van der Waals surface area (Å²) in [5.41, 5.74) is 0.519. The quantitative estimate of drug-likeness (QED) is 0.686. The van der Waals surface area contributed by atoms with Crippen LogP contribution in [0.2, 0.25) is 0 Å². The Morgan fingerprint density at radius 1 is 0.762 bits per heavy atom. The lowest BCUT2D eigenvalue weighted by Crippen LogP contribution is -2.09. The average molecular weight is 288 g/mol. The van der Waals surface area contributed by atoms with Gasteiger partial charge in [-0.15, -0.1) is 0 Å². The van der Waals surface area contributed by atoms with E-state index in [1.165, 1.54) is 12.1 Å². The SMILES string of the molecule is O=C(O)Nc1ccccc1Oc1ccccc1NC(=O)O. The summed E-state index contributed by atoms with van der Waals surface area (Å²) in [4.78, 5) is 21.5. The van der Waals surface area contributed by atoms with Gasteiger partial charge in [0.05, 0.1) is 11.4 Å². The maximum Gasteiger partial charge on any atom is 0.409 e. The Morgan fingerprint density at radius 2 is 1.14 bits per heavy atom. The van der Waals surface area contributed by atoms with E-state index in [0.717, 1.165) is 0 Å². The fourth-order valence-electron chi connectivity index (χ4n) is 1.67. The first-order chi connectivity index (χ1) is 10.1. The molecule has 0 aliphatic heterocycles. The molecule has 0 heterocycles. The molecule has 0 aliphatic rings. The first kappa shape index (κ1) is 14.2. The minimum Gasteiger partial charge on any atom is -0.465 e. The lowest BCUT2D eigenvalue weighted by molar-refractivity contribution is 0.208. The largest absolute Gasteiger partial charge is 0.465 e. The van der Waals surface area contributed by atoms with E-state index < -0.39 is 12.2 Å². The molecule has 0 saturated heterocycles. The lowest BCUT2D eigenvalue weighted by Gasteiger charge is -2.13. The summed E-state index contributed by atoms with van der Waals surface area (Å²) in [6.45, 7) is 0. The van der Waals surface area contributed by atoms with Gasteiger partial charge in [0.1, 0.15) is 0 Å². The van der Waals surface area contributed by atoms with Crippen LogP contribution in [0.3, 0.4) is 0 Å². The number of rotatable bonds is 4. The van der Waals surface area contributed by atoms with Crippen molar-refractivity contribution >= 4 is 23.6 Å². The van der Waals surface area contributed by atoms with Crippen molar-refractivity contribution in [2.24, 2.45) is 0 Å². The maximum atomic E-state index is 10.7. The molecule has 0 bridgehead atoms. The van der Waals surface area contributed by atoms with Gasteiger partial charge in [-0.3, -0.25) is 10.6 Å². The van der Waals surface area contributed by atoms with Crippen molar-refractivity contribution in [1.82, 2.24) is 0 Å². The zero-order valence-electron chi connectivity index (χ0n) is 10.7. The second kappa shape index (κ2) is 6.29. The standard InChI is InChI=1S/C14H12N2O5/c17-13(18)15-9-5-1-3-7-11(9)21-12-8-4-2-6-10(12)16-14(19)20/h1-8,15-16H,(H,17,18)(H,19,20). The number of carbonyl (C=O) groups is 2. The van der Waals surface area contributed by atoms with Gasteiger partial charge in [-0.2, -0.15) is 0 Å². The Labute approximate surface area is 119 Å². The summed E-state index contributed by atoms with van der Waals surface area (Å²) in [7, 11) is 0. The van der Waals surface area contributed by atoms with Gasteiger partial charge in [-0.05, 0) is 24.3 Å². The fraction of sp³-hybridized carbons (Fsp3) is 0. The predicted octanol–water partition coefficient (Wildman–Crippen LogP) is 3.66. The molecule has 7 heteroatoms. The summed E-state index contributed by atoms with van der Waals surface area (Å²) in [5.74, 6) is 0.527. The van der Waals surface area contributed by atoms with Crippen LogP contribution in [-0.4, -0.2) is 22.4 Å². The lowest BCUT2D eigenvalue weighted by atomic mass is 10.2. The minimum absolute atomic E-state index is 0.259. The minimum atomic E-state index is -1.22. The smallest absolute Gasteiger partial charge is 0.409 e. The number of anilines is 2. The Bertz CT molecular complexity index is 614. The topological polar surface area (TPSA) is 108 Å².